The molecule has 1 aromatic rings. The fourth-order valence-corrected chi connectivity index (χ4v) is 2.79. The Balaban J connectivity index is 0.00000392. The van der Waals surface area contributed by atoms with Gasteiger partial charge in [0.15, 0.2) is 5.96 Å². The number of guanidine groups is 1. The molecule has 0 spiro atoms. The Morgan fingerprint density at radius 3 is 2.61 bits per heavy atom. The molecule has 1 fully saturated rings. The highest BCUT2D eigenvalue weighted by Crippen LogP contribution is 2.20. The summed E-state index contributed by atoms with van der Waals surface area (Å²) in [5.74, 6) is 0.162. The third kappa shape index (κ3) is 5.79. The lowest BCUT2D eigenvalue weighted by molar-refractivity contribution is -0.130. The summed E-state index contributed by atoms with van der Waals surface area (Å²) in [4.78, 5) is 29.7. The van der Waals surface area contributed by atoms with Crippen molar-refractivity contribution in [2.24, 2.45) is 4.99 Å². The second kappa shape index (κ2) is 10.6. The fourth-order valence-electron chi connectivity index (χ4n) is 2.79. The molecule has 0 aromatic heterocycles. The Hall–Kier alpha value is -1.91. The summed E-state index contributed by atoms with van der Waals surface area (Å²) in [5, 5.41) is 8.98. The van der Waals surface area contributed by atoms with Crippen LogP contribution in [-0.2, 0) is 11.3 Å². The third-order valence-corrected chi connectivity index (χ3v) is 4.82. The zero-order valence-electron chi connectivity index (χ0n) is 16.8. The van der Waals surface area contributed by atoms with Gasteiger partial charge in [-0.15, -0.1) is 24.0 Å². The number of halogens is 2. The normalized spacial score (nSPS) is 19.3. The van der Waals surface area contributed by atoms with E-state index in [4.69, 9.17) is 0 Å². The first-order valence-electron chi connectivity index (χ1n) is 9.14. The zero-order chi connectivity index (χ0) is 20.0. The van der Waals surface area contributed by atoms with E-state index in [1.165, 1.54) is 11.0 Å². The van der Waals surface area contributed by atoms with Crippen molar-refractivity contribution >= 4 is 41.9 Å². The predicted octanol–water partition coefficient (Wildman–Crippen LogP) is 2.53. The molecule has 2 rings (SSSR count). The topological polar surface area (TPSA) is 85.8 Å². The zero-order valence-corrected chi connectivity index (χ0v) is 19.1. The SMILES string of the molecule is CCC1(C)NC(=O)N(CCCNC(=NC)NCc2ccc(C)c(F)c2)C1=O.I. The van der Waals surface area contributed by atoms with E-state index in [9.17, 15) is 14.0 Å². The van der Waals surface area contributed by atoms with E-state index in [0.717, 1.165) is 5.56 Å². The third-order valence-electron chi connectivity index (χ3n) is 4.82. The second-order valence-electron chi connectivity index (χ2n) is 6.86. The van der Waals surface area contributed by atoms with Crippen molar-refractivity contribution in [3.63, 3.8) is 0 Å². The average Bonchev–Trinajstić information content (AvgIpc) is 2.87. The minimum atomic E-state index is -0.800. The van der Waals surface area contributed by atoms with Gasteiger partial charge in [-0.1, -0.05) is 19.1 Å². The van der Waals surface area contributed by atoms with Gasteiger partial charge in [0.05, 0.1) is 0 Å². The van der Waals surface area contributed by atoms with Crippen LogP contribution in [0.5, 0.6) is 0 Å². The molecule has 1 heterocycles. The summed E-state index contributed by atoms with van der Waals surface area (Å²) >= 11 is 0. The lowest BCUT2D eigenvalue weighted by Gasteiger charge is -2.19. The van der Waals surface area contributed by atoms with Crippen molar-refractivity contribution in [1.82, 2.24) is 20.9 Å². The first-order valence-corrected chi connectivity index (χ1v) is 9.14. The van der Waals surface area contributed by atoms with Crippen molar-refractivity contribution in [3.05, 3.63) is 35.1 Å². The smallest absolute Gasteiger partial charge is 0.325 e. The van der Waals surface area contributed by atoms with Crippen LogP contribution in [0.25, 0.3) is 0 Å². The minimum absolute atomic E-state index is 0. The van der Waals surface area contributed by atoms with Crippen LogP contribution in [0.4, 0.5) is 9.18 Å². The molecule has 0 bridgehead atoms. The molecule has 0 radical (unpaired) electrons. The molecule has 1 atom stereocenters. The molecule has 0 saturated carbocycles. The number of carbonyl (C=O) groups is 2. The monoisotopic (exact) mass is 505 g/mol. The summed E-state index contributed by atoms with van der Waals surface area (Å²) in [6.07, 6.45) is 1.15. The molecule has 3 amide bonds. The van der Waals surface area contributed by atoms with Crippen LogP contribution in [0.15, 0.2) is 23.2 Å². The van der Waals surface area contributed by atoms with Gasteiger partial charge in [-0.2, -0.15) is 0 Å². The Bertz CT molecular complexity index is 743. The largest absolute Gasteiger partial charge is 0.356 e. The number of hydrogen-bond donors (Lipinski definition) is 3. The second-order valence-corrected chi connectivity index (χ2v) is 6.86. The van der Waals surface area contributed by atoms with E-state index in [1.54, 1.807) is 27.0 Å². The molecule has 1 aliphatic rings. The van der Waals surface area contributed by atoms with Gasteiger partial charge in [0.25, 0.3) is 5.91 Å². The van der Waals surface area contributed by atoms with Gasteiger partial charge in [0.1, 0.15) is 11.4 Å². The number of nitrogens with one attached hydrogen (secondary N) is 3. The van der Waals surface area contributed by atoms with Crippen LogP contribution in [-0.4, -0.2) is 48.5 Å². The standard InChI is InChI=1S/C19H28FN5O2.HI/c1-5-19(3)16(26)25(18(27)24-19)10-6-9-22-17(21-4)23-12-14-8-7-13(2)15(20)11-14;/h7-8,11H,5-6,9-10,12H2,1-4H3,(H,24,27)(H2,21,22,23);1H. The summed E-state index contributed by atoms with van der Waals surface area (Å²) in [6.45, 7) is 6.67. The summed E-state index contributed by atoms with van der Waals surface area (Å²) < 4.78 is 13.6. The molecule has 3 N–H and O–H groups in total. The van der Waals surface area contributed by atoms with Gasteiger partial charge in [-0.3, -0.25) is 14.7 Å². The van der Waals surface area contributed by atoms with E-state index in [2.05, 4.69) is 20.9 Å². The molecule has 1 unspecified atom stereocenters. The highest BCUT2D eigenvalue weighted by atomic mass is 127. The molecule has 1 aromatic carbocycles. The van der Waals surface area contributed by atoms with Gasteiger partial charge in [-0.05, 0) is 43.9 Å². The molecule has 0 aliphatic carbocycles. The first-order chi connectivity index (χ1) is 12.8. The molecule has 28 heavy (non-hydrogen) atoms. The van der Waals surface area contributed by atoms with E-state index < -0.39 is 5.54 Å². The summed E-state index contributed by atoms with van der Waals surface area (Å²) in [7, 11) is 1.65. The van der Waals surface area contributed by atoms with Crippen molar-refractivity contribution < 1.29 is 14.0 Å². The Morgan fingerprint density at radius 2 is 2.04 bits per heavy atom. The van der Waals surface area contributed by atoms with Crippen molar-refractivity contribution in [2.45, 2.75) is 45.7 Å². The van der Waals surface area contributed by atoms with Crippen LogP contribution in [0.2, 0.25) is 0 Å². The number of hydrogen-bond acceptors (Lipinski definition) is 3. The van der Waals surface area contributed by atoms with Gasteiger partial charge >= 0.3 is 6.03 Å². The van der Waals surface area contributed by atoms with E-state index in [1.807, 2.05) is 13.0 Å². The summed E-state index contributed by atoms with van der Waals surface area (Å²) in [6, 6.07) is 4.76. The van der Waals surface area contributed by atoms with Crippen molar-refractivity contribution in [1.29, 1.82) is 0 Å². The van der Waals surface area contributed by atoms with Crippen LogP contribution < -0.4 is 16.0 Å². The van der Waals surface area contributed by atoms with E-state index in [-0.39, 0.29) is 41.7 Å². The fraction of sp³-hybridized carbons (Fsp3) is 0.526. The van der Waals surface area contributed by atoms with Crippen molar-refractivity contribution in [3.8, 4) is 0 Å². The van der Waals surface area contributed by atoms with E-state index >= 15 is 0 Å². The predicted molar refractivity (Wildman–Crippen MR) is 118 cm³/mol. The number of urea groups is 1. The molecule has 1 aliphatic heterocycles. The van der Waals surface area contributed by atoms with E-state index in [0.29, 0.717) is 44.0 Å². The number of rotatable bonds is 7. The Labute approximate surface area is 182 Å². The molecule has 1 saturated heterocycles. The average molecular weight is 505 g/mol. The molecule has 7 nitrogen and oxygen atoms in total. The molecular formula is C19H29FIN5O2. The lowest BCUT2D eigenvalue weighted by Crippen LogP contribution is -2.43. The molecule has 156 valence electrons. The number of benzene rings is 1. The Kier molecular flexibility index (Phi) is 9.12. The maximum Gasteiger partial charge on any atom is 0.325 e. The highest BCUT2D eigenvalue weighted by molar-refractivity contribution is 14.0. The summed E-state index contributed by atoms with van der Waals surface area (Å²) in [5.41, 5.74) is 0.631. The number of carbonyl (C=O) groups excluding carboxylic acids is 2. The maximum atomic E-state index is 13.6. The van der Waals surface area contributed by atoms with Crippen LogP contribution in [0.3, 0.4) is 0 Å². The number of imide groups is 1. The quantitative estimate of drug-likeness (QED) is 0.175. The highest BCUT2D eigenvalue weighted by Gasteiger charge is 2.45. The van der Waals surface area contributed by atoms with Crippen molar-refractivity contribution in [2.75, 3.05) is 20.1 Å². The lowest BCUT2D eigenvalue weighted by atomic mass is 9.99. The molecular weight excluding hydrogens is 476 g/mol. The number of aryl methyl sites for hydroxylation is 1. The van der Waals surface area contributed by atoms with Gasteiger partial charge in [-0.25, -0.2) is 9.18 Å². The van der Waals surface area contributed by atoms with Gasteiger partial charge in [0.2, 0.25) is 0 Å². The van der Waals surface area contributed by atoms with Crippen LogP contribution in [0, 0.1) is 12.7 Å². The maximum absolute atomic E-state index is 13.6. The van der Waals surface area contributed by atoms with Gasteiger partial charge in [0, 0.05) is 26.7 Å². The van der Waals surface area contributed by atoms with Gasteiger partial charge < -0.3 is 16.0 Å². The molecule has 9 heteroatoms. The van der Waals surface area contributed by atoms with Crippen LogP contribution in [0.1, 0.15) is 37.8 Å². The number of nitrogens with zero attached hydrogens (tertiary/aromatic N) is 2. The Morgan fingerprint density at radius 1 is 1.32 bits per heavy atom. The first kappa shape index (κ1) is 24.1. The number of aliphatic imine (C=N–C) groups is 1. The number of amides is 3. The van der Waals surface area contributed by atoms with Crippen LogP contribution >= 0.6 is 24.0 Å². The minimum Gasteiger partial charge on any atom is -0.356 e.